The number of hydrogen-bond acceptors (Lipinski definition) is 4. The highest BCUT2D eigenvalue weighted by atomic mass is 35.5. The molecule has 0 atom stereocenters. The van der Waals surface area contributed by atoms with Crippen LogP contribution in [0.4, 0.5) is 0 Å². The quantitative estimate of drug-likeness (QED) is 0.582. The number of H-pyrrole nitrogens is 1. The minimum Gasteiger partial charge on any atom is -0.496 e. The number of aryl methyl sites for hydroxylation is 2. The minimum absolute atomic E-state index is 0.612. The zero-order chi connectivity index (χ0) is 16.1. The van der Waals surface area contributed by atoms with Crippen molar-refractivity contribution >= 4 is 33.4 Å². The van der Waals surface area contributed by atoms with Crippen LogP contribution in [0.15, 0.2) is 29.0 Å². The summed E-state index contributed by atoms with van der Waals surface area (Å²) < 4.78 is 10.9. The Morgan fingerprint density at radius 3 is 2.70 bits per heavy atom. The normalized spacial score (nSPS) is 11.5. The topological polar surface area (TPSA) is 63.9 Å². The maximum absolute atomic E-state index is 6.31. The Hall–Kier alpha value is -2.53. The predicted molar refractivity (Wildman–Crippen MR) is 90.1 cm³/mol. The number of benzene rings is 1. The number of methoxy groups -OCH3 is 1. The second-order valence-electron chi connectivity index (χ2n) is 5.47. The van der Waals surface area contributed by atoms with E-state index in [1.807, 2.05) is 26.0 Å². The number of ether oxygens (including phenoxy) is 1. The highest BCUT2D eigenvalue weighted by Gasteiger charge is 2.19. The first kappa shape index (κ1) is 14.1. The molecule has 0 radical (unpaired) electrons. The molecule has 1 aromatic carbocycles. The summed E-state index contributed by atoms with van der Waals surface area (Å²) in [4.78, 5) is 7.49. The molecule has 0 aliphatic heterocycles. The van der Waals surface area contributed by atoms with Gasteiger partial charge in [0.05, 0.1) is 35.1 Å². The summed E-state index contributed by atoms with van der Waals surface area (Å²) in [5.74, 6) is 1.51. The Morgan fingerprint density at radius 1 is 1.17 bits per heavy atom. The number of nitrogens with one attached hydrogen (secondary N) is 1. The second kappa shape index (κ2) is 4.99. The zero-order valence-electron chi connectivity index (χ0n) is 12.9. The first-order valence-electron chi connectivity index (χ1n) is 7.16. The summed E-state index contributed by atoms with van der Waals surface area (Å²) in [7, 11) is 1.65. The third-order valence-corrected chi connectivity index (χ3v) is 4.37. The molecule has 3 heterocycles. The first-order valence-corrected chi connectivity index (χ1v) is 7.54. The Labute approximate surface area is 137 Å². The van der Waals surface area contributed by atoms with Gasteiger partial charge in [0.1, 0.15) is 11.5 Å². The number of aromatic nitrogens is 3. The molecule has 4 aromatic rings. The Kier molecular flexibility index (Phi) is 3.06. The van der Waals surface area contributed by atoms with Gasteiger partial charge in [0.25, 0.3) is 0 Å². The number of halogens is 1. The Balaban J connectivity index is 2.11. The molecular weight excluding hydrogens is 314 g/mol. The molecule has 0 unspecified atom stereocenters. The first-order chi connectivity index (χ1) is 11.1. The summed E-state index contributed by atoms with van der Waals surface area (Å²) in [5, 5.41) is 6.59. The van der Waals surface area contributed by atoms with Gasteiger partial charge < -0.3 is 14.2 Å². The molecule has 0 fully saturated rings. The average molecular weight is 328 g/mol. The molecule has 0 aliphatic rings. The summed E-state index contributed by atoms with van der Waals surface area (Å²) >= 11 is 6.31. The zero-order valence-corrected chi connectivity index (χ0v) is 13.7. The van der Waals surface area contributed by atoms with Gasteiger partial charge in [0.2, 0.25) is 0 Å². The molecule has 1 N–H and O–H groups in total. The molecule has 6 heteroatoms. The van der Waals surface area contributed by atoms with Gasteiger partial charge in [-0.15, -0.1) is 0 Å². The van der Waals surface area contributed by atoms with Crippen molar-refractivity contribution < 1.29 is 9.26 Å². The lowest BCUT2D eigenvalue weighted by Gasteiger charge is -2.09. The van der Waals surface area contributed by atoms with Crippen LogP contribution in [0, 0.1) is 13.8 Å². The van der Waals surface area contributed by atoms with E-state index in [-0.39, 0.29) is 0 Å². The molecule has 0 saturated heterocycles. The van der Waals surface area contributed by atoms with E-state index in [9.17, 15) is 0 Å². The number of nitrogens with zero attached hydrogens (tertiary/aromatic N) is 2. The largest absolute Gasteiger partial charge is 0.496 e. The van der Waals surface area contributed by atoms with Crippen molar-refractivity contribution in [3.05, 3.63) is 41.0 Å². The molecule has 0 aliphatic carbocycles. The molecule has 0 amide bonds. The summed E-state index contributed by atoms with van der Waals surface area (Å²) in [6.07, 6.45) is 3.41. The van der Waals surface area contributed by atoms with Gasteiger partial charge in [-0.1, -0.05) is 16.8 Å². The lowest BCUT2D eigenvalue weighted by molar-refractivity contribution is 0.393. The lowest BCUT2D eigenvalue weighted by Crippen LogP contribution is -1.90. The fourth-order valence-corrected chi connectivity index (χ4v) is 3.33. The van der Waals surface area contributed by atoms with Crippen molar-refractivity contribution in [3.8, 4) is 16.9 Å². The standard InChI is InChI=1S/C17H14ClN3O2/c1-8-16(9(2)23-21-8)11-4-13-10(5-15(11)22-3)17-12(18)6-19-7-14(17)20-13/h4-7,20H,1-3H3. The van der Waals surface area contributed by atoms with Gasteiger partial charge in [-0.05, 0) is 26.0 Å². The maximum Gasteiger partial charge on any atom is 0.141 e. The van der Waals surface area contributed by atoms with Crippen molar-refractivity contribution in [2.24, 2.45) is 0 Å². The number of pyridine rings is 1. The fourth-order valence-electron chi connectivity index (χ4n) is 3.07. The van der Waals surface area contributed by atoms with E-state index in [0.717, 1.165) is 50.1 Å². The smallest absolute Gasteiger partial charge is 0.141 e. The summed E-state index contributed by atoms with van der Waals surface area (Å²) in [6.45, 7) is 3.81. The van der Waals surface area contributed by atoms with Gasteiger partial charge in [0, 0.05) is 28.0 Å². The van der Waals surface area contributed by atoms with Crippen LogP contribution in [0.25, 0.3) is 32.9 Å². The summed E-state index contributed by atoms with van der Waals surface area (Å²) in [5.41, 5.74) is 4.57. The number of fused-ring (bicyclic) bond motifs is 3. The third-order valence-electron chi connectivity index (χ3n) is 4.08. The van der Waals surface area contributed by atoms with Gasteiger partial charge in [-0.3, -0.25) is 4.98 Å². The van der Waals surface area contributed by atoms with Crippen molar-refractivity contribution in [2.75, 3.05) is 7.11 Å². The molecule has 5 nitrogen and oxygen atoms in total. The lowest BCUT2D eigenvalue weighted by atomic mass is 10.0. The van der Waals surface area contributed by atoms with E-state index in [2.05, 4.69) is 15.1 Å². The Morgan fingerprint density at radius 2 is 2.00 bits per heavy atom. The molecule has 0 saturated carbocycles. The SMILES string of the molecule is COc1cc2c(cc1-c1c(C)noc1C)[nH]c1cncc(Cl)c12. The van der Waals surface area contributed by atoms with Crippen molar-refractivity contribution in [2.45, 2.75) is 13.8 Å². The van der Waals surface area contributed by atoms with Gasteiger partial charge in [-0.2, -0.15) is 0 Å². The van der Waals surface area contributed by atoms with Crippen molar-refractivity contribution in [3.63, 3.8) is 0 Å². The third kappa shape index (κ3) is 2.00. The second-order valence-corrected chi connectivity index (χ2v) is 5.87. The number of aromatic amines is 1. The monoisotopic (exact) mass is 327 g/mol. The summed E-state index contributed by atoms with van der Waals surface area (Å²) in [6, 6.07) is 4.03. The maximum atomic E-state index is 6.31. The van der Waals surface area contributed by atoms with Crippen LogP contribution in [-0.4, -0.2) is 22.2 Å². The highest BCUT2D eigenvalue weighted by Crippen LogP contribution is 2.40. The van der Waals surface area contributed by atoms with Crippen LogP contribution in [0.5, 0.6) is 5.75 Å². The van der Waals surface area contributed by atoms with Gasteiger partial charge in [-0.25, -0.2) is 0 Å². The minimum atomic E-state index is 0.612. The average Bonchev–Trinajstić information content (AvgIpc) is 3.06. The number of hydrogen-bond donors (Lipinski definition) is 1. The fraction of sp³-hybridized carbons (Fsp3) is 0.176. The van der Waals surface area contributed by atoms with Crippen molar-refractivity contribution in [1.29, 1.82) is 0 Å². The van der Waals surface area contributed by atoms with Crippen molar-refractivity contribution in [1.82, 2.24) is 15.1 Å². The molecule has 0 bridgehead atoms. The molecule has 23 heavy (non-hydrogen) atoms. The molecule has 116 valence electrons. The molecule has 0 spiro atoms. The Bertz CT molecular complexity index is 1030. The predicted octanol–water partition coefficient (Wildman–Crippen LogP) is 4.65. The van der Waals surface area contributed by atoms with E-state index in [1.165, 1.54) is 0 Å². The van der Waals surface area contributed by atoms with E-state index in [4.69, 9.17) is 20.9 Å². The van der Waals surface area contributed by atoms with E-state index >= 15 is 0 Å². The van der Waals surface area contributed by atoms with Crippen LogP contribution in [0.3, 0.4) is 0 Å². The van der Waals surface area contributed by atoms with Gasteiger partial charge >= 0.3 is 0 Å². The molecule has 4 rings (SSSR count). The van der Waals surface area contributed by atoms with Crippen LogP contribution in [0.1, 0.15) is 11.5 Å². The van der Waals surface area contributed by atoms with Crippen LogP contribution in [0.2, 0.25) is 5.02 Å². The van der Waals surface area contributed by atoms with Crippen LogP contribution < -0.4 is 4.74 Å². The highest BCUT2D eigenvalue weighted by molar-refractivity contribution is 6.37. The molecular formula is C17H14ClN3O2. The van der Waals surface area contributed by atoms with Crippen LogP contribution >= 0.6 is 11.6 Å². The van der Waals surface area contributed by atoms with Gasteiger partial charge in [0.15, 0.2) is 0 Å². The molecule has 3 aromatic heterocycles. The van der Waals surface area contributed by atoms with E-state index in [0.29, 0.717) is 5.02 Å². The van der Waals surface area contributed by atoms with E-state index in [1.54, 1.807) is 19.5 Å². The van der Waals surface area contributed by atoms with Crippen LogP contribution in [-0.2, 0) is 0 Å². The number of rotatable bonds is 2. The van der Waals surface area contributed by atoms with E-state index < -0.39 is 0 Å².